The van der Waals surface area contributed by atoms with Crippen molar-refractivity contribution in [3.63, 3.8) is 0 Å². The lowest BCUT2D eigenvalue weighted by Gasteiger charge is -2.09. The largest absolute Gasteiger partial charge is 0.319 e. The molecule has 104 valence electrons. The van der Waals surface area contributed by atoms with E-state index < -0.39 is 40.4 Å². The fraction of sp³-hybridized carbons (Fsp3) is 0. The highest BCUT2D eigenvalue weighted by Crippen LogP contribution is 2.23. The van der Waals surface area contributed by atoms with Crippen molar-refractivity contribution in [3.05, 3.63) is 64.2 Å². The molecule has 1 amide bonds. The molecule has 0 unspecified atom stereocenters. The topological polar surface area (TPSA) is 29.1 Å². The molecule has 0 aliphatic heterocycles. The summed E-state index contributed by atoms with van der Waals surface area (Å²) in [7, 11) is 0. The number of carbonyl (C=O) groups is 1. The molecule has 0 atom stereocenters. The molecule has 2 aromatic rings. The summed E-state index contributed by atoms with van der Waals surface area (Å²) in [6.07, 6.45) is 0. The first-order valence-electron chi connectivity index (χ1n) is 5.30. The Bertz CT molecular complexity index is 670. The van der Waals surface area contributed by atoms with Crippen LogP contribution in [0.4, 0.5) is 23.2 Å². The number of nitrogens with one attached hydrogen (secondary N) is 1. The number of hydrogen-bond acceptors (Lipinski definition) is 1. The minimum atomic E-state index is -1.73. The summed E-state index contributed by atoms with van der Waals surface area (Å²) < 4.78 is 52.6. The van der Waals surface area contributed by atoms with Crippen LogP contribution < -0.4 is 5.32 Å². The van der Waals surface area contributed by atoms with Gasteiger partial charge in [0.05, 0.1) is 16.3 Å². The Hall–Kier alpha value is -2.08. The van der Waals surface area contributed by atoms with Gasteiger partial charge < -0.3 is 5.32 Å². The molecule has 2 rings (SSSR count). The van der Waals surface area contributed by atoms with E-state index in [1.807, 2.05) is 5.32 Å². The Morgan fingerprint density at radius 1 is 0.950 bits per heavy atom. The summed E-state index contributed by atoms with van der Waals surface area (Å²) in [6.45, 7) is 0. The van der Waals surface area contributed by atoms with Crippen LogP contribution in [0.1, 0.15) is 10.4 Å². The highest BCUT2D eigenvalue weighted by molar-refractivity contribution is 6.34. The van der Waals surface area contributed by atoms with Gasteiger partial charge in [0.2, 0.25) is 0 Å². The molecule has 0 aliphatic carbocycles. The van der Waals surface area contributed by atoms with Crippen molar-refractivity contribution in [1.29, 1.82) is 0 Å². The number of rotatable bonds is 2. The molecule has 7 heteroatoms. The molecule has 0 saturated carbocycles. The van der Waals surface area contributed by atoms with E-state index in [2.05, 4.69) is 0 Å². The number of halogens is 5. The van der Waals surface area contributed by atoms with E-state index in [9.17, 15) is 22.4 Å². The van der Waals surface area contributed by atoms with Gasteiger partial charge >= 0.3 is 0 Å². The monoisotopic (exact) mass is 303 g/mol. The SMILES string of the molecule is O=C(Nc1ccc(F)c(F)c1F)c1c(F)cccc1Cl. The highest BCUT2D eigenvalue weighted by Gasteiger charge is 2.19. The minimum absolute atomic E-state index is 0.189. The summed E-state index contributed by atoms with van der Waals surface area (Å²) in [5.41, 5.74) is -1.13. The number of benzene rings is 2. The van der Waals surface area contributed by atoms with E-state index in [4.69, 9.17) is 11.6 Å². The third-order valence-corrected chi connectivity index (χ3v) is 2.79. The predicted octanol–water partition coefficient (Wildman–Crippen LogP) is 4.15. The van der Waals surface area contributed by atoms with Crippen LogP contribution in [0.5, 0.6) is 0 Å². The van der Waals surface area contributed by atoms with Crippen LogP contribution in [-0.2, 0) is 0 Å². The van der Waals surface area contributed by atoms with Gasteiger partial charge in [0.25, 0.3) is 5.91 Å². The first-order valence-corrected chi connectivity index (χ1v) is 5.68. The van der Waals surface area contributed by atoms with E-state index in [0.29, 0.717) is 6.07 Å². The van der Waals surface area contributed by atoms with E-state index in [1.54, 1.807) is 0 Å². The van der Waals surface area contributed by atoms with E-state index >= 15 is 0 Å². The van der Waals surface area contributed by atoms with Crippen LogP contribution in [0.15, 0.2) is 30.3 Å². The van der Waals surface area contributed by atoms with Gasteiger partial charge in [-0.2, -0.15) is 0 Å². The van der Waals surface area contributed by atoms with E-state index in [1.165, 1.54) is 12.1 Å². The van der Waals surface area contributed by atoms with Crippen LogP contribution in [0, 0.1) is 23.3 Å². The van der Waals surface area contributed by atoms with Gasteiger partial charge in [-0.25, -0.2) is 17.6 Å². The lowest BCUT2D eigenvalue weighted by molar-refractivity contribution is 0.102. The summed E-state index contributed by atoms with van der Waals surface area (Å²) >= 11 is 5.66. The average molecular weight is 304 g/mol. The summed E-state index contributed by atoms with van der Waals surface area (Å²) in [5, 5.41) is 1.74. The lowest BCUT2D eigenvalue weighted by atomic mass is 10.2. The van der Waals surface area contributed by atoms with Gasteiger partial charge in [-0.15, -0.1) is 0 Å². The first-order chi connectivity index (χ1) is 9.41. The van der Waals surface area contributed by atoms with Crippen LogP contribution >= 0.6 is 11.6 Å². The van der Waals surface area contributed by atoms with Gasteiger partial charge in [0.15, 0.2) is 17.5 Å². The van der Waals surface area contributed by atoms with Crippen LogP contribution in [0.25, 0.3) is 0 Å². The summed E-state index contributed by atoms with van der Waals surface area (Å²) in [6, 6.07) is 4.99. The van der Waals surface area contributed by atoms with Crippen molar-refractivity contribution in [1.82, 2.24) is 0 Å². The zero-order valence-electron chi connectivity index (χ0n) is 9.68. The number of hydrogen-bond donors (Lipinski definition) is 1. The molecular weight excluding hydrogens is 298 g/mol. The molecule has 20 heavy (non-hydrogen) atoms. The number of anilines is 1. The lowest BCUT2D eigenvalue weighted by Crippen LogP contribution is -2.16. The van der Waals surface area contributed by atoms with Crippen LogP contribution in [0.2, 0.25) is 5.02 Å². The Morgan fingerprint density at radius 3 is 2.30 bits per heavy atom. The van der Waals surface area contributed by atoms with E-state index in [0.717, 1.165) is 12.1 Å². The molecule has 0 saturated heterocycles. The molecule has 0 heterocycles. The van der Waals surface area contributed by atoms with Gasteiger partial charge in [-0.3, -0.25) is 4.79 Å². The van der Waals surface area contributed by atoms with Gasteiger partial charge in [-0.05, 0) is 24.3 Å². The molecule has 0 bridgehead atoms. The van der Waals surface area contributed by atoms with Crippen molar-refractivity contribution >= 4 is 23.2 Å². The summed E-state index contributed by atoms with van der Waals surface area (Å²) in [5.74, 6) is -6.70. The zero-order valence-corrected chi connectivity index (χ0v) is 10.4. The second-order valence-electron chi connectivity index (χ2n) is 3.77. The molecular formula is C13H6ClF4NO. The fourth-order valence-corrected chi connectivity index (χ4v) is 1.77. The summed E-state index contributed by atoms with van der Waals surface area (Å²) in [4.78, 5) is 11.8. The Kier molecular flexibility index (Phi) is 3.94. The maximum absolute atomic E-state index is 13.5. The third-order valence-electron chi connectivity index (χ3n) is 2.47. The normalized spacial score (nSPS) is 10.4. The molecule has 0 fully saturated rings. The predicted molar refractivity (Wildman–Crippen MR) is 65.7 cm³/mol. The van der Waals surface area contributed by atoms with Crippen molar-refractivity contribution in [3.8, 4) is 0 Å². The molecule has 0 spiro atoms. The van der Waals surface area contributed by atoms with Crippen molar-refractivity contribution < 1.29 is 22.4 Å². The molecule has 1 N–H and O–H groups in total. The Morgan fingerprint density at radius 2 is 1.65 bits per heavy atom. The second kappa shape index (κ2) is 5.50. The van der Waals surface area contributed by atoms with Gasteiger partial charge in [0.1, 0.15) is 5.82 Å². The zero-order chi connectivity index (χ0) is 14.9. The van der Waals surface area contributed by atoms with Gasteiger partial charge in [-0.1, -0.05) is 17.7 Å². The molecule has 0 radical (unpaired) electrons. The minimum Gasteiger partial charge on any atom is -0.319 e. The molecule has 0 aromatic heterocycles. The van der Waals surface area contributed by atoms with E-state index in [-0.39, 0.29) is 5.02 Å². The number of amides is 1. The van der Waals surface area contributed by atoms with Crippen molar-refractivity contribution in [2.24, 2.45) is 0 Å². The molecule has 0 aliphatic rings. The Labute approximate surface area is 116 Å². The smallest absolute Gasteiger partial charge is 0.260 e. The first kappa shape index (κ1) is 14.3. The average Bonchev–Trinajstić information content (AvgIpc) is 2.39. The van der Waals surface area contributed by atoms with Crippen LogP contribution in [0.3, 0.4) is 0 Å². The second-order valence-corrected chi connectivity index (χ2v) is 4.18. The van der Waals surface area contributed by atoms with Crippen molar-refractivity contribution in [2.45, 2.75) is 0 Å². The maximum atomic E-state index is 13.5. The number of carbonyl (C=O) groups excluding carboxylic acids is 1. The standard InChI is InChI=1S/C13H6ClF4NO/c14-6-2-1-3-7(15)10(6)13(20)19-9-5-4-8(16)11(17)12(9)18/h1-5H,(H,19,20). The fourth-order valence-electron chi connectivity index (χ4n) is 1.52. The van der Waals surface area contributed by atoms with Crippen LogP contribution in [-0.4, -0.2) is 5.91 Å². The Balaban J connectivity index is 2.36. The third kappa shape index (κ3) is 2.60. The quantitative estimate of drug-likeness (QED) is 0.655. The van der Waals surface area contributed by atoms with Crippen molar-refractivity contribution in [2.75, 3.05) is 5.32 Å². The van der Waals surface area contributed by atoms with Gasteiger partial charge in [0, 0.05) is 0 Å². The maximum Gasteiger partial charge on any atom is 0.260 e. The molecule has 2 nitrogen and oxygen atoms in total. The highest BCUT2D eigenvalue weighted by atomic mass is 35.5. The molecule has 2 aromatic carbocycles.